The zero-order valence-corrected chi connectivity index (χ0v) is 13.6. The Kier molecular flexibility index (Phi) is 5.80. The number of aromatic hydroxyl groups is 1. The molecule has 0 aromatic heterocycles. The summed E-state index contributed by atoms with van der Waals surface area (Å²) in [6, 6.07) is 11.6. The number of ether oxygens (including phenoxy) is 1. The molecule has 0 bridgehead atoms. The molecule has 0 fully saturated rings. The number of phenolic OH excluding ortho intramolecular Hbond substituents is 1. The summed E-state index contributed by atoms with van der Waals surface area (Å²) in [5.41, 5.74) is 2.79. The van der Waals surface area contributed by atoms with Crippen LogP contribution in [0.2, 0.25) is 5.02 Å². The quantitative estimate of drug-likeness (QED) is 0.614. The van der Waals surface area contributed by atoms with E-state index in [4.69, 9.17) is 16.3 Å². The average Bonchev–Trinajstić information content (AvgIpc) is 2.49. The van der Waals surface area contributed by atoms with Gasteiger partial charge >= 0.3 is 0 Å². The van der Waals surface area contributed by atoms with Crippen LogP contribution in [0.5, 0.6) is 11.5 Å². The molecule has 114 valence electrons. The van der Waals surface area contributed by atoms with E-state index >= 15 is 0 Å². The predicted octanol–water partition coefficient (Wildman–Crippen LogP) is 3.34. The van der Waals surface area contributed by atoms with Gasteiger partial charge in [0, 0.05) is 15.1 Å². The van der Waals surface area contributed by atoms with Crippen LogP contribution in [0.25, 0.3) is 0 Å². The molecular weight excluding hydrogens is 372 g/mol. The van der Waals surface area contributed by atoms with Crippen molar-refractivity contribution in [2.45, 2.75) is 0 Å². The fourth-order valence-corrected chi connectivity index (χ4v) is 2.10. The van der Waals surface area contributed by atoms with Gasteiger partial charge in [-0.3, -0.25) is 4.79 Å². The first-order valence-corrected chi connectivity index (χ1v) is 7.40. The van der Waals surface area contributed by atoms with Gasteiger partial charge in [0.2, 0.25) is 0 Å². The molecule has 0 unspecified atom stereocenters. The summed E-state index contributed by atoms with van der Waals surface area (Å²) in [5, 5.41) is 13.9. The first kappa shape index (κ1) is 16.3. The number of nitrogens with one attached hydrogen (secondary N) is 1. The molecule has 2 aromatic rings. The third-order valence-corrected chi connectivity index (χ3v) is 3.28. The number of hydrogen-bond donors (Lipinski definition) is 2. The summed E-state index contributed by atoms with van der Waals surface area (Å²) in [6.45, 7) is -0.192. The summed E-state index contributed by atoms with van der Waals surface area (Å²) in [4.78, 5) is 11.6. The van der Waals surface area contributed by atoms with Gasteiger partial charge in [-0.25, -0.2) is 5.43 Å². The molecule has 0 saturated heterocycles. The standard InChI is InChI=1S/C15H12BrClN2O3/c16-11-4-5-14(20)10(6-11)8-18-19-15(21)9-22-13-3-1-2-12(17)7-13/h1-8,20H,9H2,(H,19,21). The monoisotopic (exact) mass is 382 g/mol. The lowest BCUT2D eigenvalue weighted by Crippen LogP contribution is -2.24. The number of rotatable bonds is 5. The van der Waals surface area contributed by atoms with E-state index in [1.54, 1.807) is 36.4 Å². The fraction of sp³-hybridized carbons (Fsp3) is 0.0667. The minimum Gasteiger partial charge on any atom is -0.507 e. The van der Waals surface area contributed by atoms with Gasteiger partial charge in [-0.15, -0.1) is 0 Å². The van der Waals surface area contributed by atoms with Gasteiger partial charge in [-0.2, -0.15) is 5.10 Å². The minimum atomic E-state index is -0.425. The lowest BCUT2D eigenvalue weighted by atomic mass is 10.2. The zero-order valence-electron chi connectivity index (χ0n) is 11.3. The van der Waals surface area contributed by atoms with E-state index in [2.05, 4.69) is 26.5 Å². The summed E-state index contributed by atoms with van der Waals surface area (Å²) in [5.74, 6) is 0.137. The Morgan fingerprint density at radius 1 is 1.36 bits per heavy atom. The van der Waals surface area contributed by atoms with Crippen LogP contribution >= 0.6 is 27.5 Å². The number of hydrazone groups is 1. The van der Waals surface area contributed by atoms with Crippen LogP contribution in [0.15, 0.2) is 52.0 Å². The van der Waals surface area contributed by atoms with E-state index in [9.17, 15) is 9.90 Å². The van der Waals surface area contributed by atoms with E-state index in [0.29, 0.717) is 16.3 Å². The predicted molar refractivity (Wildman–Crippen MR) is 88.5 cm³/mol. The highest BCUT2D eigenvalue weighted by atomic mass is 79.9. The Bertz CT molecular complexity index is 707. The summed E-state index contributed by atoms with van der Waals surface area (Å²) >= 11 is 9.09. The van der Waals surface area contributed by atoms with Gasteiger partial charge in [0.05, 0.1) is 6.21 Å². The molecule has 0 aliphatic heterocycles. The topological polar surface area (TPSA) is 70.9 Å². The lowest BCUT2D eigenvalue weighted by Gasteiger charge is -2.05. The maximum Gasteiger partial charge on any atom is 0.277 e. The Morgan fingerprint density at radius 3 is 2.95 bits per heavy atom. The maximum absolute atomic E-state index is 11.6. The second-order valence-electron chi connectivity index (χ2n) is 4.24. The molecule has 0 heterocycles. The molecule has 0 aliphatic carbocycles. The van der Waals surface area contributed by atoms with Crippen molar-refractivity contribution in [1.29, 1.82) is 0 Å². The molecule has 5 nitrogen and oxygen atoms in total. The van der Waals surface area contributed by atoms with E-state index in [0.717, 1.165) is 4.47 Å². The van der Waals surface area contributed by atoms with Crippen LogP contribution in [-0.4, -0.2) is 23.8 Å². The Hall–Kier alpha value is -2.05. The van der Waals surface area contributed by atoms with Crippen LogP contribution in [0.1, 0.15) is 5.56 Å². The molecule has 2 N–H and O–H groups in total. The Morgan fingerprint density at radius 2 is 2.18 bits per heavy atom. The Balaban J connectivity index is 1.85. The SMILES string of the molecule is O=C(COc1cccc(Cl)c1)NN=Cc1cc(Br)ccc1O. The first-order chi connectivity index (χ1) is 10.5. The zero-order chi connectivity index (χ0) is 15.9. The molecule has 0 radical (unpaired) electrons. The number of benzene rings is 2. The number of hydrogen-bond acceptors (Lipinski definition) is 4. The third kappa shape index (κ3) is 5.05. The van der Waals surface area contributed by atoms with Crippen LogP contribution in [0, 0.1) is 0 Å². The minimum absolute atomic E-state index is 0.0661. The van der Waals surface area contributed by atoms with E-state index in [1.165, 1.54) is 12.3 Å². The van der Waals surface area contributed by atoms with Gasteiger partial charge in [-0.1, -0.05) is 33.6 Å². The van der Waals surface area contributed by atoms with Crippen LogP contribution in [0.4, 0.5) is 0 Å². The second-order valence-corrected chi connectivity index (χ2v) is 5.59. The molecule has 0 spiro atoms. The normalized spacial score (nSPS) is 10.6. The third-order valence-electron chi connectivity index (χ3n) is 2.55. The van der Waals surface area contributed by atoms with Gasteiger partial charge < -0.3 is 9.84 Å². The fourth-order valence-electron chi connectivity index (χ4n) is 1.54. The second kappa shape index (κ2) is 7.82. The number of amides is 1. The molecule has 2 rings (SSSR count). The van der Waals surface area contributed by atoms with Crippen LogP contribution in [-0.2, 0) is 4.79 Å². The summed E-state index contributed by atoms with van der Waals surface area (Å²) in [6.07, 6.45) is 1.34. The largest absolute Gasteiger partial charge is 0.507 e. The summed E-state index contributed by atoms with van der Waals surface area (Å²) < 4.78 is 6.06. The number of carbonyl (C=O) groups excluding carboxylic acids is 1. The molecule has 0 saturated carbocycles. The molecule has 0 aliphatic rings. The number of phenols is 1. The maximum atomic E-state index is 11.6. The van der Waals surface area contributed by atoms with Crippen molar-refractivity contribution in [2.75, 3.05) is 6.61 Å². The molecule has 1 amide bonds. The number of nitrogens with zero attached hydrogens (tertiary/aromatic N) is 1. The molecular formula is C15H12BrClN2O3. The van der Waals surface area contributed by atoms with Crippen molar-refractivity contribution in [2.24, 2.45) is 5.10 Å². The van der Waals surface area contributed by atoms with E-state index in [1.807, 2.05) is 0 Å². The van der Waals surface area contributed by atoms with Crippen molar-refractivity contribution in [3.8, 4) is 11.5 Å². The molecule has 0 atom stereocenters. The van der Waals surface area contributed by atoms with Crippen molar-refractivity contribution >= 4 is 39.7 Å². The average molecular weight is 384 g/mol. The highest BCUT2D eigenvalue weighted by Crippen LogP contribution is 2.20. The van der Waals surface area contributed by atoms with Crippen molar-refractivity contribution in [1.82, 2.24) is 5.43 Å². The van der Waals surface area contributed by atoms with Gasteiger partial charge in [0.1, 0.15) is 11.5 Å². The molecule has 2 aromatic carbocycles. The Labute approximate surface area is 140 Å². The first-order valence-electron chi connectivity index (χ1n) is 6.23. The van der Waals surface area contributed by atoms with Crippen molar-refractivity contribution in [3.05, 3.63) is 57.5 Å². The van der Waals surface area contributed by atoms with Gasteiger partial charge in [-0.05, 0) is 36.4 Å². The van der Waals surface area contributed by atoms with E-state index < -0.39 is 5.91 Å². The number of carbonyl (C=O) groups is 1. The van der Waals surface area contributed by atoms with Crippen LogP contribution in [0.3, 0.4) is 0 Å². The van der Waals surface area contributed by atoms with Crippen molar-refractivity contribution < 1.29 is 14.6 Å². The highest BCUT2D eigenvalue weighted by molar-refractivity contribution is 9.10. The van der Waals surface area contributed by atoms with Crippen LogP contribution < -0.4 is 10.2 Å². The molecule has 7 heteroatoms. The van der Waals surface area contributed by atoms with Gasteiger partial charge in [0.15, 0.2) is 6.61 Å². The van der Waals surface area contributed by atoms with Crippen molar-refractivity contribution in [3.63, 3.8) is 0 Å². The van der Waals surface area contributed by atoms with E-state index in [-0.39, 0.29) is 12.4 Å². The number of halogens is 2. The lowest BCUT2D eigenvalue weighted by molar-refractivity contribution is -0.123. The molecule has 22 heavy (non-hydrogen) atoms. The van der Waals surface area contributed by atoms with Gasteiger partial charge in [0.25, 0.3) is 5.91 Å². The smallest absolute Gasteiger partial charge is 0.277 e. The highest BCUT2D eigenvalue weighted by Gasteiger charge is 2.03. The summed E-state index contributed by atoms with van der Waals surface area (Å²) in [7, 11) is 0.